The summed E-state index contributed by atoms with van der Waals surface area (Å²) in [6.45, 7) is 1.10. The van der Waals surface area contributed by atoms with Crippen molar-refractivity contribution in [3.05, 3.63) is 24.3 Å². The van der Waals surface area contributed by atoms with Crippen LogP contribution in [0.5, 0.6) is 0 Å². The molecule has 0 bridgehead atoms. The van der Waals surface area contributed by atoms with Gasteiger partial charge in [0, 0.05) is 19.0 Å². The summed E-state index contributed by atoms with van der Waals surface area (Å²) in [4.78, 5) is 25.3. The average molecular weight is 275 g/mol. The Morgan fingerprint density at radius 3 is 2.60 bits per heavy atom. The second-order valence-corrected chi connectivity index (χ2v) is 5.04. The van der Waals surface area contributed by atoms with Crippen molar-refractivity contribution in [3.63, 3.8) is 0 Å². The molecule has 0 aromatic heterocycles. The molecular weight excluding hydrogens is 258 g/mol. The minimum absolute atomic E-state index is 0.115. The van der Waals surface area contributed by atoms with Gasteiger partial charge in [0.1, 0.15) is 0 Å². The number of amides is 3. The highest BCUT2D eigenvalue weighted by Gasteiger charge is 2.31. The second kappa shape index (κ2) is 5.01. The van der Waals surface area contributed by atoms with E-state index in [2.05, 4.69) is 11.0 Å². The van der Waals surface area contributed by atoms with Crippen LogP contribution in [0.1, 0.15) is 12.8 Å². The van der Waals surface area contributed by atoms with Crippen LogP contribution in [0.25, 0.3) is 0 Å². The number of hydrogen-bond acceptors (Lipinski definition) is 4. The van der Waals surface area contributed by atoms with Crippen LogP contribution in [0.15, 0.2) is 24.3 Å². The molecule has 0 atom stereocenters. The molecule has 106 valence electrons. The molecule has 2 heterocycles. The number of likely N-dealkylation sites (tertiary alicyclic amines) is 1. The van der Waals surface area contributed by atoms with Gasteiger partial charge in [0.15, 0.2) is 0 Å². The van der Waals surface area contributed by atoms with E-state index in [0.717, 1.165) is 11.4 Å². The van der Waals surface area contributed by atoms with Crippen LogP contribution in [0, 0.1) is 5.92 Å². The van der Waals surface area contributed by atoms with Crippen LogP contribution in [-0.2, 0) is 4.79 Å². The summed E-state index contributed by atoms with van der Waals surface area (Å²) in [5.41, 5.74) is 12.8. The van der Waals surface area contributed by atoms with Crippen LogP contribution in [0.2, 0.25) is 0 Å². The molecule has 3 amide bonds. The number of hydrazine groups is 2. The molecule has 20 heavy (non-hydrogen) atoms. The van der Waals surface area contributed by atoms with E-state index in [9.17, 15) is 9.59 Å². The minimum atomic E-state index is -0.275. The van der Waals surface area contributed by atoms with E-state index in [-0.39, 0.29) is 17.9 Å². The van der Waals surface area contributed by atoms with Crippen molar-refractivity contribution in [2.75, 3.05) is 23.5 Å². The number of benzene rings is 1. The molecule has 0 saturated carbocycles. The average Bonchev–Trinajstić information content (AvgIpc) is 2.90. The Morgan fingerprint density at radius 2 is 1.90 bits per heavy atom. The lowest BCUT2D eigenvalue weighted by Gasteiger charge is -2.33. The third kappa shape index (κ3) is 2.16. The predicted octanol–water partition coefficient (Wildman–Crippen LogP) is 0.655. The van der Waals surface area contributed by atoms with Gasteiger partial charge >= 0.3 is 6.03 Å². The van der Waals surface area contributed by atoms with Crippen molar-refractivity contribution in [3.8, 4) is 0 Å². The zero-order valence-electron chi connectivity index (χ0n) is 11.0. The summed E-state index contributed by atoms with van der Waals surface area (Å²) in [5, 5.41) is 1.49. The van der Waals surface area contributed by atoms with Crippen molar-refractivity contribution in [2.24, 2.45) is 11.7 Å². The summed E-state index contributed by atoms with van der Waals surface area (Å²) in [7, 11) is 0. The van der Waals surface area contributed by atoms with Crippen molar-refractivity contribution in [1.82, 2.24) is 10.4 Å². The van der Waals surface area contributed by atoms with Gasteiger partial charge in [-0.1, -0.05) is 12.1 Å². The van der Waals surface area contributed by atoms with Gasteiger partial charge in [-0.25, -0.2) is 9.80 Å². The third-order valence-corrected chi connectivity index (χ3v) is 3.81. The van der Waals surface area contributed by atoms with Crippen molar-refractivity contribution < 1.29 is 9.59 Å². The Labute approximate surface area is 116 Å². The first-order valence-electron chi connectivity index (χ1n) is 6.66. The van der Waals surface area contributed by atoms with Crippen LogP contribution in [0.4, 0.5) is 16.2 Å². The molecule has 0 unspecified atom stereocenters. The van der Waals surface area contributed by atoms with E-state index in [0.29, 0.717) is 25.9 Å². The van der Waals surface area contributed by atoms with E-state index in [1.807, 2.05) is 24.3 Å². The number of piperidine rings is 1. The van der Waals surface area contributed by atoms with Gasteiger partial charge in [-0.15, -0.1) is 5.53 Å². The molecule has 7 heteroatoms. The zero-order valence-corrected chi connectivity index (χ0v) is 11.0. The molecular formula is C13H17N5O2. The minimum Gasteiger partial charge on any atom is -0.369 e. The summed E-state index contributed by atoms with van der Waals surface area (Å²) in [6.07, 6.45) is 1.26. The topological polar surface area (TPSA) is 90.7 Å². The summed E-state index contributed by atoms with van der Waals surface area (Å²) in [5.74, 6) is -0.389. The number of carbonyl (C=O) groups excluding carboxylic acids is 2. The van der Waals surface area contributed by atoms with Gasteiger partial charge in [-0.05, 0) is 25.0 Å². The maximum Gasteiger partial charge on any atom is 0.340 e. The van der Waals surface area contributed by atoms with Gasteiger partial charge in [0.25, 0.3) is 0 Å². The molecule has 4 N–H and O–H groups in total. The molecule has 1 saturated heterocycles. The number of carbonyl (C=O) groups is 2. The maximum absolute atomic E-state index is 12.5. The molecule has 2 aliphatic heterocycles. The van der Waals surface area contributed by atoms with Crippen molar-refractivity contribution in [1.29, 1.82) is 0 Å². The number of para-hydroxylation sites is 2. The summed E-state index contributed by atoms with van der Waals surface area (Å²) in [6, 6.07) is 7.43. The third-order valence-electron chi connectivity index (χ3n) is 3.81. The Balaban J connectivity index is 1.68. The highest BCUT2D eigenvalue weighted by molar-refractivity contribution is 5.97. The molecule has 1 fully saturated rings. The van der Waals surface area contributed by atoms with E-state index in [1.165, 1.54) is 5.01 Å². The van der Waals surface area contributed by atoms with E-state index in [4.69, 9.17) is 5.73 Å². The lowest BCUT2D eigenvalue weighted by molar-refractivity contribution is -0.122. The van der Waals surface area contributed by atoms with Crippen molar-refractivity contribution in [2.45, 2.75) is 12.8 Å². The Kier molecular flexibility index (Phi) is 3.19. The van der Waals surface area contributed by atoms with Crippen molar-refractivity contribution >= 4 is 23.3 Å². The van der Waals surface area contributed by atoms with Crippen LogP contribution in [0.3, 0.4) is 0 Å². The summed E-state index contributed by atoms with van der Waals surface area (Å²) >= 11 is 0. The molecule has 2 aliphatic rings. The highest BCUT2D eigenvalue weighted by Crippen LogP contribution is 2.29. The number of anilines is 2. The fourth-order valence-electron chi connectivity index (χ4n) is 2.60. The van der Waals surface area contributed by atoms with E-state index >= 15 is 0 Å². The molecule has 0 radical (unpaired) electrons. The molecule has 3 rings (SSSR count). The van der Waals surface area contributed by atoms with Gasteiger partial charge in [-0.2, -0.15) is 0 Å². The number of nitrogens with one attached hydrogen (secondary N) is 2. The van der Waals surface area contributed by atoms with E-state index in [1.54, 1.807) is 4.90 Å². The molecule has 7 nitrogen and oxygen atoms in total. The number of hydrogen-bond donors (Lipinski definition) is 3. The Hall–Kier alpha value is -2.28. The first-order valence-corrected chi connectivity index (χ1v) is 6.66. The van der Waals surface area contributed by atoms with E-state index < -0.39 is 0 Å². The van der Waals surface area contributed by atoms with Gasteiger partial charge in [0.2, 0.25) is 5.91 Å². The first kappa shape index (κ1) is 12.7. The second-order valence-electron chi connectivity index (χ2n) is 5.04. The van der Waals surface area contributed by atoms with Gasteiger partial charge < -0.3 is 16.1 Å². The lowest BCUT2D eigenvalue weighted by atomic mass is 9.96. The smallest absolute Gasteiger partial charge is 0.340 e. The maximum atomic E-state index is 12.5. The standard InChI is InChI=1S/C13H17N5O2/c14-12(19)9-5-7-17(8-6-9)13(20)18-11-4-2-1-3-10(11)15-16-18/h1-4,9,15-16H,5-8H2,(H2,14,19). The molecule has 0 spiro atoms. The number of primary amides is 1. The Morgan fingerprint density at radius 1 is 1.20 bits per heavy atom. The number of rotatable bonds is 1. The van der Waals surface area contributed by atoms with Gasteiger partial charge in [0.05, 0.1) is 11.4 Å². The fourth-order valence-corrected chi connectivity index (χ4v) is 2.60. The predicted molar refractivity (Wildman–Crippen MR) is 74.6 cm³/mol. The van der Waals surface area contributed by atoms with Crippen LogP contribution in [-0.4, -0.2) is 29.9 Å². The molecule has 1 aromatic carbocycles. The number of urea groups is 1. The molecule has 0 aliphatic carbocycles. The lowest BCUT2D eigenvalue weighted by Crippen LogP contribution is -2.52. The number of nitrogens with zero attached hydrogens (tertiary/aromatic N) is 2. The highest BCUT2D eigenvalue weighted by atomic mass is 16.2. The fraction of sp³-hybridized carbons (Fsp3) is 0.385. The normalized spacial score (nSPS) is 18.6. The summed E-state index contributed by atoms with van der Waals surface area (Å²) < 4.78 is 0. The largest absolute Gasteiger partial charge is 0.369 e. The number of fused-ring (bicyclic) bond motifs is 1. The van der Waals surface area contributed by atoms with Crippen LogP contribution >= 0.6 is 0 Å². The first-order chi connectivity index (χ1) is 9.66. The SMILES string of the molecule is NC(=O)C1CCN(C(=O)N2NNc3ccccc32)CC1. The Bertz CT molecular complexity index is 539. The number of nitrogens with two attached hydrogens (primary N) is 1. The molecule has 1 aromatic rings. The monoisotopic (exact) mass is 275 g/mol. The quantitative estimate of drug-likeness (QED) is 0.702. The zero-order chi connectivity index (χ0) is 14.1. The van der Waals surface area contributed by atoms with Crippen LogP contribution < -0.4 is 21.7 Å². The van der Waals surface area contributed by atoms with Gasteiger partial charge in [-0.3, -0.25) is 4.79 Å².